The van der Waals surface area contributed by atoms with Crippen molar-refractivity contribution in [3.63, 3.8) is 0 Å². The van der Waals surface area contributed by atoms with Gasteiger partial charge in [0.2, 0.25) is 5.91 Å². The number of hydrogen-bond acceptors (Lipinski definition) is 5. The third kappa shape index (κ3) is 6.94. The van der Waals surface area contributed by atoms with Gasteiger partial charge in [-0.1, -0.05) is 74.5 Å². The maximum absolute atomic E-state index is 14.3. The van der Waals surface area contributed by atoms with Crippen molar-refractivity contribution in [1.29, 1.82) is 0 Å². The number of nitrogens with zero attached hydrogens (tertiary/aromatic N) is 3. The number of urea groups is 1. The minimum absolute atomic E-state index is 0.154. The maximum Gasteiger partial charge on any atom is 0.322 e. The molecule has 2 heterocycles. The molecule has 0 saturated carbocycles. The fraction of sp³-hybridized carbons (Fsp3) is 0.343. The normalized spacial score (nSPS) is 17.5. The lowest BCUT2D eigenvalue weighted by Crippen LogP contribution is -2.52. The van der Waals surface area contributed by atoms with E-state index in [1.165, 1.54) is 4.90 Å². The molecule has 2 aliphatic rings. The van der Waals surface area contributed by atoms with Gasteiger partial charge in [-0.2, -0.15) is 0 Å². The highest BCUT2D eigenvalue weighted by molar-refractivity contribution is 6.03. The fourth-order valence-corrected chi connectivity index (χ4v) is 6.01. The van der Waals surface area contributed by atoms with E-state index in [-0.39, 0.29) is 29.8 Å². The summed E-state index contributed by atoms with van der Waals surface area (Å²) in [5.41, 5.74) is 2.55. The number of carbonyl (C=O) groups is 3. The lowest BCUT2D eigenvalue weighted by Gasteiger charge is -2.32. The number of rotatable bonds is 11. The van der Waals surface area contributed by atoms with Crippen molar-refractivity contribution in [1.82, 2.24) is 25.3 Å². The molecule has 44 heavy (non-hydrogen) atoms. The van der Waals surface area contributed by atoms with Crippen molar-refractivity contribution < 1.29 is 19.1 Å². The second kappa shape index (κ2) is 12.9. The zero-order chi connectivity index (χ0) is 31.4. The number of likely N-dealkylation sites (N-methyl/N-ethyl adjacent to an activating group) is 1. The summed E-state index contributed by atoms with van der Waals surface area (Å²) in [5, 5.41) is 6.13. The first kappa shape index (κ1) is 30.8. The molecule has 0 fully saturated rings. The summed E-state index contributed by atoms with van der Waals surface area (Å²) >= 11 is 0. The van der Waals surface area contributed by atoms with Gasteiger partial charge in [0.15, 0.2) is 0 Å². The first-order valence-corrected chi connectivity index (χ1v) is 14.9. The summed E-state index contributed by atoms with van der Waals surface area (Å²) in [6, 6.07) is 24.8. The molecule has 2 aliphatic heterocycles. The Morgan fingerprint density at radius 2 is 1.66 bits per heavy atom. The van der Waals surface area contributed by atoms with Crippen LogP contribution in [0.1, 0.15) is 31.0 Å². The van der Waals surface area contributed by atoms with Crippen LogP contribution in [0.5, 0.6) is 11.5 Å². The van der Waals surface area contributed by atoms with Gasteiger partial charge >= 0.3 is 6.03 Å². The van der Waals surface area contributed by atoms with Crippen LogP contribution in [0.25, 0.3) is 0 Å². The third-order valence-corrected chi connectivity index (χ3v) is 7.99. The van der Waals surface area contributed by atoms with Gasteiger partial charge in [0.05, 0.1) is 23.9 Å². The molecule has 5 rings (SSSR count). The number of amides is 4. The Balaban J connectivity index is 1.43. The largest absolute Gasteiger partial charge is 0.457 e. The Labute approximate surface area is 259 Å². The lowest BCUT2D eigenvalue weighted by atomic mass is 9.92. The highest BCUT2D eigenvalue weighted by atomic mass is 16.5. The predicted molar refractivity (Wildman–Crippen MR) is 170 cm³/mol. The molecule has 0 bridgehead atoms. The fourth-order valence-electron chi connectivity index (χ4n) is 6.01. The summed E-state index contributed by atoms with van der Waals surface area (Å²) in [7, 11) is 5.67. The van der Waals surface area contributed by atoms with Crippen molar-refractivity contribution >= 4 is 17.8 Å². The summed E-state index contributed by atoms with van der Waals surface area (Å²) in [5.74, 6) is 0.789. The summed E-state index contributed by atoms with van der Waals surface area (Å²) in [6.45, 7) is 5.62. The number of carbonyl (C=O) groups excluding carboxylic acids is 3. The first-order valence-electron chi connectivity index (χ1n) is 14.9. The molecule has 0 saturated heterocycles. The molecule has 230 valence electrons. The van der Waals surface area contributed by atoms with E-state index < -0.39 is 12.1 Å². The molecule has 0 unspecified atom stereocenters. The highest BCUT2D eigenvalue weighted by Gasteiger charge is 2.46. The van der Waals surface area contributed by atoms with E-state index in [1.807, 2.05) is 99.0 Å². The zero-order valence-corrected chi connectivity index (χ0v) is 26.0. The molecule has 0 aliphatic carbocycles. The molecule has 9 heteroatoms. The second-order valence-electron chi connectivity index (χ2n) is 12.5. The van der Waals surface area contributed by atoms with Gasteiger partial charge in [-0.15, -0.1) is 0 Å². The second-order valence-corrected chi connectivity index (χ2v) is 12.5. The topological polar surface area (TPSA) is 94.2 Å². The van der Waals surface area contributed by atoms with Gasteiger partial charge in [-0.25, -0.2) is 4.79 Å². The van der Waals surface area contributed by atoms with E-state index in [1.54, 1.807) is 11.9 Å². The molecule has 2 atom stereocenters. The average Bonchev–Trinajstić information content (AvgIpc) is 3.34. The van der Waals surface area contributed by atoms with E-state index in [0.717, 1.165) is 17.7 Å². The van der Waals surface area contributed by atoms with Crippen LogP contribution < -0.4 is 15.4 Å². The van der Waals surface area contributed by atoms with Crippen molar-refractivity contribution in [2.75, 3.05) is 40.8 Å². The number of para-hydroxylation sites is 1. The van der Waals surface area contributed by atoms with Crippen molar-refractivity contribution in [2.45, 2.75) is 32.4 Å². The van der Waals surface area contributed by atoms with Crippen LogP contribution >= 0.6 is 0 Å². The minimum atomic E-state index is -0.762. The van der Waals surface area contributed by atoms with E-state index in [4.69, 9.17) is 4.74 Å². The van der Waals surface area contributed by atoms with E-state index in [9.17, 15) is 14.4 Å². The van der Waals surface area contributed by atoms with Crippen LogP contribution in [0.2, 0.25) is 0 Å². The SMILES string of the molecule is CN(C)CC(C)(C)CNC(=O)[C@H](Cc1ccccc1)N1CC2=C(C1=O)[C@@H](c1cccc(Oc3ccccc3)c1)NC(=O)N2C. The molecule has 9 nitrogen and oxygen atoms in total. The van der Waals surface area contributed by atoms with Crippen LogP contribution in [-0.4, -0.2) is 79.4 Å². The molecule has 0 radical (unpaired) electrons. The third-order valence-electron chi connectivity index (χ3n) is 7.99. The Kier molecular flexibility index (Phi) is 9.06. The van der Waals surface area contributed by atoms with Crippen LogP contribution in [0.3, 0.4) is 0 Å². The van der Waals surface area contributed by atoms with E-state index >= 15 is 0 Å². The van der Waals surface area contributed by atoms with Crippen molar-refractivity contribution in [2.24, 2.45) is 5.41 Å². The zero-order valence-electron chi connectivity index (χ0n) is 26.0. The minimum Gasteiger partial charge on any atom is -0.457 e. The van der Waals surface area contributed by atoms with Crippen molar-refractivity contribution in [3.8, 4) is 11.5 Å². The summed E-state index contributed by atoms with van der Waals surface area (Å²) in [6.07, 6.45) is 0.350. The molecule has 3 aromatic rings. The Hall–Kier alpha value is -4.63. The van der Waals surface area contributed by atoms with Crippen molar-refractivity contribution in [3.05, 3.63) is 107 Å². The van der Waals surface area contributed by atoms with Crippen LogP contribution in [0, 0.1) is 5.41 Å². The van der Waals surface area contributed by atoms with Crippen LogP contribution in [0.15, 0.2) is 96.2 Å². The van der Waals surface area contributed by atoms with E-state index in [0.29, 0.717) is 35.7 Å². The number of benzene rings is 3. The molecular weight excluding hydrogens is 554 g/mol. The number of hydrogen-bond donors (Lipinski definition) is 2. The van der Waals surface area contributed by atoms with Gasteiger partial charge < -0.3 is 25.2 Å². The Bertz CT molecular complexity index is 1540. The summed E-state index contributed by atoms with van der Waals surface area (Å²) < 4.78 is 6.04. The van der Waals surface area contributed by atoms with Gasteiger partial charge in [-0.3, -0.25) is 14.5 Å². The molecule has 0 aromatic heterocycles. The van der Waals surface area contributed by atoms with Gasteiger partial charge in [0.25, 0.3) is 5.91 Å². The molecule has 2 N–H and O–H groups in total. The molecule has 4 amide bonds. The molecule has 3 aromatic carbocycles. The number of nitrogens with one attached hydrogen (secondary N) is 2. The van der Waals surface area contributed by atoms with Gasteiger partial charge in [-0.05, 0) is 54.9 Å². The maximum atomic E-state index is 14.3. The standard InChI is InChI=1S/C35H41N5O4/c1-35(2,23-38(3)4)22-36-32(41)28(19-24-13-8-6-9-14-24)40-21-29-30(33(40)42)31(37-34(43)39(29)5)25-15-12-18-27(20-25)44-26-16-10-7-11-17-26/h6-18,20,28,31H,19,21-23H2,1-5H3,(H,36,41)(H,37,43)/t28-,31+/m0/s1. The highest BCUT2D eigenvalue weighted by Crippen LogP contribution is 2.38. The monoisotopic (exact) mass is 595 g/mol. The van der Waals surface area contributed by atoms with Crippen LogP contribution in [0.4, 0.5) is 4.79 Å². The van der Waals surface area contributed by atoms with Gasteiger partial charge in [0, 0.05) is 26.6 Å². The van der Waals surface area contributed by atoms with Crippen LogP contribution in [-0.2, 0) is 16.0 Å². The smallest absolute Gasteiger partial charge is 0.322 e. The Morgan fingerprint density at radius 1 is 1.00 bits per heavy atom. The number of ether oxygens (including phenoxy) is 1. The summed E-state index contributed by atoms with van der Waals surface area (Å²) in [4.78, 5) is 46.5. The molecule has 0 spiro atoms. The van der Waals surface area contributed by atoms with Gasteiger partial charge in [0.1, 0.15) is 17.5 Å². The lowest BCUT2D eigenvalue weighted by molar-refractivity contribution is -0.136. The predicted octanol–water partition coefficient (Wildman–Crippen LogP) is 4.59. The Morgan fingerprint density at radius 3 is 2.34 bits per heavy atom. The average molecular weight is 596 g/mol. The first-order chi connectivity index (χ1) is 21.0. The quantitative estimate of drug-likeness (QED) is 0.338. The molecular formula is C35H41N5O4. The van der Waals surface area contributed by atoms with E-state index in [2.05, 4.69) is 29.4 Å².